The molecule has 0 N–H and O–H groups in total. The molecule has 0 aromatic heterocycles. The second-order valence-corrected chi connectivity index (χ2v) is 3.86. The molecule has 0 saturated heterocycles. The fourth-order valence-electron chi connectivity index (χ4n) is 1.79. The number of rotatable bonds is 3. The Morgan fingerprint density at radius 2 is 2.19 bits per heavy atom. The van der Waals surface area contributed by atoms with Gasteiger partial charge in [0.2, 0.25) is 0 Å². The lowest BCUT2D eigenvalue weighted by Crippen LogP contribution is -2.12. The Bertz CT molecular complexity index is 428. The first-order chi connectivity index (χ1) is 7.67. The van der Waals surface area contributed by atoms with Crippen molar-refractivity contribution < 1.29 is 18.7 Å². The van der Waals surface area contributed by atoms with Gasteiger partial charge in [-0.05, 0) is 18.6 Å². The molecule has 1 fully saturated rings. The van der Waals surface area contributed by atoms with Gasteiger partial charge in [-0.25, -0.2) is 4.39 Å². The Labute approximate surface area is 92.2 Å². The third kappa shape index (κ3) is 2.45. The molecular weight excluding hydrogens is 211 g/mol. The zero-order chi connectivity index (χ0) is 11.5. The van der Waals surface area contributed by atoms with Gasteiger partial charge in [-0.3, -0.25) is 9.59 Å². The topological polar surface area (TPSA) is 43.4 Å². The van der Waals surface area contributed by atoms with Crippen LogP contribution in [0.1, 0.15) is 29.6 Å². The van der Waals surface area contributed by atoms with Gasteiger partial charge in [0, 0.05) is 24.5 Å². The van der Waals surface area contributed by atoms with Gasteiger partial charge < -0.3 is 4.74 Å². The highest BCUT2D eigenvalue weighted by molar-refractivity contribution is 5.81. The van der Waals surface area contributed by atoms with Crippen LogP contribution >= 0.6 is 0 Å². The lowest BCUT2D eigenvalue weighted by molar-refractivity contribution is -0.117. The molecule has 1 aliphatic carbocycles. The normalized spacial score (nSPS) is 19.8. The molecule has 1 atom stereocenters. The number of carbonyl (C=O) groups is 2. The molecule has 16 heavy (non-hydrogen) atoms. The van der Waals surface area contributed by atoms with E-state index in [1.165, 1.54) is 12.1 Å². The summed E-state index contributed by atoms with van der Waals surface area (Å²) in [5, 5.41) is 0. The number of ketones is 1. The first kappa shape index (κ1) is 10.8. The van der Waals surface area contributed by atoms with Crippen LogP contribution in [-0.4, -0.2) is 18.2 Å². The third-order valence-corrected chi connectivity index (χ3v) is 2.53. The van der Waals surface area contributed by atoms with Crippen LogP contribution in [0.2, 0.25) is 0 Å². The van der Waals surface area contributed by atoms with Crippen LogP contribution in [0, 0.1) is 5.82 Å². The van der Waals surface area contributed by atoms with E-state index in [1.807, 2.05) is 0 Å². The molecular formula is C12H11FO3. The fourth-order valence-corrected chi connectivity index (χ4v) is 1.79. The monoisotopic (exact) mass is 222 g/mol. The SMILES string of the molecule is O=Cc1cc(F)cc(OC2CCC(=O)C2)c1. The Kier molecular flexibility index (Phi) is 2.99. The average Bonchev–Trinajstić information content (AvgIpc) is 2.63. The van der Waals surface area contributed by atoms with Crippen molar-refractivity contribution in [3.8, 4) is 5.75 Å². The summed E-state index contributed by atoms with van der Waals surface area (Å²) in [5.74, 6) is -0.0391. The van der Waals surface area contributed by atoms with Crippen molar-refractivity contribution >= 4 is 12.1 Å². The van der Waals surface area contributed by atoms with Gasteiger partial charge >= 0.3 is 0 Å². The van der Waals surface area contributed by atoms with E-state index in [1.54, 1.807) is 0 Å². The number of hydrogen-bond donors (Lipinski definition) is 0. The predicted molar refractivity (Wildman–Crippen MR) is 55.1 cm³/mol. The van der Waals surface area contributed by atoms with Gasteiger partial charge in [0.25, 0.3) is 0 Å². The maximum atomic E-state index is 13.1. The van der Waals surface area contributed by atoms with E-state index >= 15 is 0 Å². The summed E-state index contributed by atoms with van der Waals surface area (Å²) in [7, 11) is 0. The first-order valence-corrected chi connectivity index (χ1v) is 5.11. The summed E-state index contributed by atoms with van der Waals surface area (Å²) in [6, 6.07) is 3.83. The summed E-state index contributed by atoms with van der Waals surface area (Å²) < 4.78 is 18.5. The third-order valence-electron chi connectivity index (χ3n) is 2.53. The molecule has 1 saturated carbocycles. The second-order valence-electron chi connectivity index (χ2n) is 3.86. The van der Waals surface area contributed by atoms with Crippen molar-refractivity contribution in [1.82, 2.24) is 0 Å². The minimum absolute atomic E-state index is 0.164. The van der Waals surface area contributed by atoms with Crippen molar-refractivity contribution in [2.75, 3.05) is 0 Å². The fraction of sp³-hybridized carbons (Fsp3) is 0.333. The molecule has 0 heterocycles. The van der Waals surface area contributed by atoms with Crippen LogP contribution in [0.5, 0.6) is 5.75 Å². The van der Waals surface area contributed by atoms with Gasteiger partial charge in [-0.1, -0.05) is 0 Å². The second kappa shape index (κ2) is 4.43. The molecule has 4 heteroatoms. The first-order valence-electron chi connectivity index (χ1n) is 5.11. The molecule has 1 aliphatic rings. The zero-order valence-electron chi connectivity index (χ0n) is 8.61. The lowest BCUT2D eigenvalue weighted by Gasteiger charge is -2.12. The summed E-state index contributed by atoms with van der Waals surface area (Å²) in [4.78, 5) is 21.5. The Morgan fingerprint density at radius 1 is 1.38 bits per heavy atom. The minimum Gasteiger partial charge on any atom is -0.490 e. The van der Waals surface area contributed by atoms with Gasteiger partial charge in [0.05, 0.1) is 0 Å². The summed E-state index contributed by atoms with van der Waals surface area (Å²) in [6.45, 7) is 0. The molecule has 1 aromatic carbocycles. The number of hydrogen-bond acceptors (Lipinski definition) is 3. The molecule has 3 nitrogen and oxygen atoms in total. The van der Waals surface area contributed by atoms with Crippen LogP contribution in [0.3, 0.4) is 0 Å². The Morgan fingerprint density at radius 3 is 2.81 bits per heavy atom. The van der Waals surface area contributed by atoms with Crippen LogP contribution < -0.4 is 4.74 Å². The van der Waals surface area contributed by atoms with E-state index < -0.39 is 5.82 Å². The largest absolute Gasteiger partial charge is 0.490 e. The average molecular weight is 222 g/mol. The molecule has 84 valence electrons. The van der Waals surface area contributed by atoms with E-state index in [2.05, 4.69) is 0 Å². The van der Waals surface area contributed by atoms with Gasteiger partial charge in [-0.2, -0.15) is 0 Å². The van der Waals surface area contributed by atoms with E-state index in [4.69, 9.17) is 4.74 Å². The van der Waals surface area contributed by atoms with Gasteiger partial charge in [0.1, 0.15) is 29.7 Å². The number of halogens is 1. The Balaban J connectivity index is 2.11. The van der Waals surface area contributed by atoms with Crippen molar-refractivity contribution in [2.24, 2.45) is 0 Å². The zero-order valence-corrected chi connectivity index (χ0v) is 8.61. The highest BCUT2D eigenvalue weighted by Gasteiger charge is 2.23. The summed E-state index contributed by atoms with van der Waals surface area (Å²) in [6.07, 6.45) is 1.92. The van der Waals surface area contributed by atoms with Crippen molar-refractivity contribution in [2.45, 2.75) is 25.4 Å². The number of aldehydes is 1. The number of ether oxygens (including phenoxy) is 1. The van der Waals surface area contributed by atoms with Gasteiger partial charge in [-0.15, -0.1) is 0 Å². The van der Waals surface area contributed by atoms with Crippen LogP contribution in [-0.2, 0) is 4.79 Å². The maximum Gasteiger partial charge on any atom is 0.150 e. The number of carbonyl (C=O) groups excluding carboxylic acids is 2. The molecule has 0 amide bonds. The van der Waals surface area contributed by atoms with Crippen LogP contribution in [0.25, 0.3) is 0 Å². The molecule has 1 aromatic rings. The van der Waals surface area contributed by atoms with Crippen molar-refractivity contribution in [3.63, 3.8) is 0 Å². The van der Waals surface area contributed by atoms with Crippen LogP contribution in [0.4, 0.5) is 4.39 Å². The molecule has 0 spiro atoms. The highest BCUT2D eigenvalue weighted by Crippen LogP contribution is 2.23. The number of benzene rings is 1. The molecule has 2 rings (SSSR count). The number of Topliss-reactive ketones (excluding diaryl/α,β-unsaturated/α-hetero) is 1. The maximum absolute atomic E-state index is 13.1. The van der Waals surface area contributed by atoms with Gasteiger partial charge in [0.15, 0.2) is 0 Å². The molecule has 0 bridgehead atoms. The molecule has 0 aliphatic heterocycles. The Hall–Kier alpha value is -1.71. The van der Waals surface area contributed by atoms with E-state index in [0.717, 1.165) is 6.07 Å². The predicted octanol–water partition coefficient (Wildman–Crippen LogP) is 2.14. The van der Waals surface area contributed by atoms with Crippen molar-refractivity contribution in [3.05, 3.63) is 29.6 Å². The standard InChI is InChI=1S/C12H11FO3/c13-9-3-8(7-14)4-12(5-9)16-11-2-1-10(15)6-11/h3-5,7,11H,1-2,6H2. The van der Waals surface area contributed by atoms with Crippen LogP contribution in [0.15, 0.2) is 18.2 Å². The molecule has 1 unspecified atom stereocenters. The lowest BCUT2D eigenvalue weighted by atomic mass is 10.2. The molecule has 0 radical (unpaired) electrons. The smallest absolute Gasteiger partial charge is 0.150 e. The van der Waals surface area contributed by atoms with Crippen molar-refractivity contribution in [1.29, 1.82) is 0 Å². The summed E-state index contributed by atoms with van der Waals surface area (Å²) >= 11 is 0. The quantitative estimate of drug-likeness (QED) is 0.736. The highest BCUT2D eigenvalue weighted by atomic mass is 19.1. The van der Waals surface area contributed by atoms with E-state index in [-0.39, 0.29) is 17.5 Å². The summed E-state index contributed by atoms with van der Waals surface area (Å²) in [5.41, 5.74) is 0.235. The van der Waals surface area contributed by atoms with E-state index in [0.29, 0.717) is 31.3 Å². The minimum atomic E-state index is -0.510. The van der Waals surface area contributed by atoms with E-state index in [9.17, 15) is 14.0 Å².